The van der Waals surface area contributed by atoms with Crippen molar-refractivity contribution < 1.29 is 14.3 Å². The van der Waals surface area contributed by atoms with Gasteiger partial charge in [0.2, 0.25) is 11.8 Å². The van der Waals surface area contributed by atoms with E-state index in [1.165, 1.54) is 17.3 Å². The Bertz CT molecular complexity index is 837. The Morgan fingerprint density at radius 1 is 1.13 bits per heavy atom. The number of rotatable bonds is 10. The number of hydrogen-bond donors (Lipinski definition) is 1. The van der Waals surface area contributed by atoms with E-state index >= 15 is 0 Å². The Kier molecular flexibility index (Phi) is 9.24. The largest absolute Gasteiger partial charge is 0.497 e. The highest BCUT2D eigenvalue weighted by molar-refractivity contribution is 8.00. The first-order valence-corrected chi connectivity index (χ1v) is 11.2. The normalized spacial score (nSPS) is 11.8. The standard InChI is InChI=1S/C24H32N2O3S/c1-6-22(24(28)25-17(2)3)26(15-19-8-7-9-20(14-19)29-5)23(27)16-30-21-12-10-18(4)11-13-21/h7-14,17,22H,6,15-16H2,1-5H3,(H,25,28)/t22-/m1/s1. The molecule has 1 atom stereocenters. The van der Waals surface area contributed by atoms with Gasteiger partial charge in [-0.05, 0) is 57.0 Å². The van der Waals surface area contributed by atoms with E-state index in [0.717, 1.165) is 16.2 Å². The van der Waals surface area contributed by atoms with Crippen molar-refractivity contribution in [3.8, 4) is 5.75 Å². The summed E-state index contributed by atoms with van der Waals surface area (Å²) in [5, 5.41) is 2.95. The van der Waals surface area contributed by atoms with Crippen LogP contribution in [0.25, 0.3) is 0 Å². The number of carbonyl (C=O) groups is 2. The lowest BCUT2D eigenvalue weighted by Gasteiger charge is -2.31. The maximum atomic E-state index is 13.2. The highest BCUT2D eigenvalue weighted by Crippen LogP contribution is 2.22. The fourth-order valence-electron chi connectivity index (χ4n) is 3.13. The van der Waals surface area contributed by atoms with Gasteiger partial charge < -0.3 is 15.0 Å². The summed E-state index contributed by atoms with van der Waals surface area (Å²) in [5.74, 6) is 0.824. The Balaban J connectivity index is 2.22. The maximum absolute atomic E-state index is 13.2. The molecule has 0 saturated carbocycles. The molecule has 6 heteroatoms. The number of methoxy groups -OCH3 is 1. The molecule has 2 amide bonds. The molecule has 0 aliphatic rings. The second-order valence-electron chi connectivity index (χ2n) is 7.56. The molecular weight excluding hydrogens is 396 g/mol. The molecule has 0 spiro atoms. The number of carbonyl (C=O) groups excluding carboxylic acids is 2. The van der Waals surface area contributed by atoms with E-state index in [9.17, 15) is 9.59 Å². The second kappa shape index (κ2) is 11.6. The lowest BCUT2D eigenvalue weighted by molar-refractivity contribution is -0.139. The van der Waals surface area contributed by atoms with E-state index in [4.69, 9.17) is 4.74 Å². The fourth-order valence-corrected chi connectivity index (χ4v) is 3.91. The Labute approximate surface area is 184 Å². The average molecular weight is 429 g/mol. The maximum Gasteiger partial charge on any atom is 0.243 e. The van der Waals surface area contributed by atoms with Gasteiger partial charge in [0.1, 0.15) is 11.8 Å². The van der Waals surface area contributed by atoms with Gasteiger partial charge in [0.15, 0.2) is 0 Å². The van der Waals surface area contributed by atoms with Crippen LogP contribution in [0.2, 0.25) is 0 Å². The monoisotopic (exact) mass is 428 g/mol. The average Bonchev–Trinajstić information content (AvgIpc) is 2.72. The summed E-state index contributed by atoms with van der Waals surface area (Å²) in [6, 6.07) is 15.2. The zero-order valence-electron chi connectivity index (χ0n) is 18.5. The second-order valence-corrected chi connectivity index (χ2v) is 8.61. The molecule has 0 aromatic heterocycles. The Morgan fingerprint density at radius 3 is 2.43 bits per heavy atom. The SMILES string of the molecule is CC[C@H](C(=O)NC(C)C)N(Cc1cccc(OC)c1)C(=O)CSc1ccc(C)cc1. The number of ether oxygens (including phenoxy) is 1. The van der Waals surface area contributed by atoms with Crippen LogP contribution in [0.15, 0.2) is 53.4 Å². The summed E-state index contributed by atoms with van der Waals surface area (Å²) < 4.78 is 5.31. The lowest BCUT2D eigenvalue weighted by Crippen LogP contribution is -2.50. The highest BCUT2D eigenvalue weighted by Gasteiger charge is 2.29. The summed E-state index contributed by atoms with van der Waals surface area (Å²) in [6.45, 7) is 8.17. The molecule has 162 valence electrons. The van der Waals surface area contributed by atoms with E-state index in [1.54, 1.807) is 12.0 Å². The number of nitrogens with one attached hydrogen (secondary N) is 1. The van der Waals surface area contributed by atoms with Gasteiger partial charge in [0.05, 0.1) is 12.9 Å². The minimum Gasteiger partial charge on any atom is -0.497 e. The quantitative estimate of drug-likeness (QED) is 0.569. The summed E-state index contributed by atoms with van der Waals surface area (Å²) >= 11 is 1.49. The molecule has 0 saturated heterocycles. The summed E-state index contributed by atoms with van der Waals surface area (Å²) in [5.41, 5.74) is 2.11. The van der Waals surface area contributed by atoms with Crippen LogP contribution in [0, 0.1) is 6.92 Å². The highest BCUT2D eigenvalue weighted by atomic mass is 32.2. The van der Waals surface area contributed by atoms with E-state index in [2.05, 4.69) is 5.32 Å². The number of amides is 2. The molecule has 0 unspecified atom stereocenters. The van der Waals surface area contributed by atoms with Crippen molar-refractivity contribution in [1.29, 1.82) is 0 Å². The number of benzene rings is 2. The van der Waals surface area contributed by atoms with Crippen LogP contribution in [-0.4, -0.2) is 41.7 Å². The summed E-state index contributed by atoms with van der Waals surface area (Å²) in [7, 11) is 1.62. The van der Waals surface area contributed by atoms with Crippen LogP contribution >= 0.6 is 11.8 Å². The first-order chi connectivity index (χ1) is 14.3. The molecule has 5 nitrogen and oxygen atoms in total. The van der Waals surface area contributed by atoms with Gasteiger partial charge in [-0.1, -0.05) is 36.8 Å². The molecule has 2 aromatic rings. The minimum absolute atomic E-state index is 0.0160. The molecular formula is C24H32N2O3S. The van der Waals surface area contributed by atoms with Crippen molar-refractivity contribution in [1.82, 2.24) is 10.2 Å². The molecule has 0 radical (unpaired) electrons. The van der Waals surface area contributed by atoms with Crippen LogP contribution in [0.4, 0.5) is 0 Å². The van der Waals surface area contributed by atoms with Crippen LogP contribution in [0.1, 0.15) is 38.3 Å². The number of hydrogen-bond acceptors (Lipinski definition) is 4. The number of aryl methyl sites for hydroxylation is 1. The molecule has 2 rings (SSSR count). The third-order valence-electron chi connectivity index (χ3n) is 4.69. The zero-order valence-corrected chi connectivity index (χ0v) is 19.3. The first kappa shape index (κ1) is 23.8. The smallest absolute Gasteiger partial charge is 0.243 e. The molecule has 0 aliphatic heterocycles. The van der Waals surface area contributed by atoms with E-state index < -0.39 is 6.04 Å². The van der Waals surface area contributed by atoms with Crippen LogP contribution in [0.5, 0.6) is 5.75 Å². The van der Waals surface area contributed by atoms with Gasteiger partial charge >= 0.3 is 0 Å². The Morgan fingerprint density at radius 2 is 1.83 bits per heavy atom. The number of nitrogens with zero attached hydrogens (tertiary/aromatic N) is 1. The van der Waals surface area contributed by atoms with Gasteiger partial charge in [0, 0.05) is 17.5 Å². The van der Waals surface area contributed by atoms with E-state index in [0.29, 0.717) is 13.0 Å². The van der Waals surface area contributed by atoms with Crippen LogP contribution in [-0.2, 0) is 16.1 Å². The van der Waals surface area contributed by atoms with Gasteiger partial charge in [-0.15, -0.1) is 11.8 Å². The predicted molar refractivity (Wildman–Crippen MR) is 123 cm³/mol. The van der Waals surface area contributed by atoms with E-state index in [-0.39, 0.29) is 23.6 Å². The molecule has 0 fully saturated rings. The topological polar surface area (TPSA) is 58.6 Å². The first-order valence-electron chi connectivity index (χ1n) is 10.3. The molecule has 0 heterocycles. The van der Waals surface area contributed by atoms with Crippen molar-refractivity contribution in [2.75, 3.05) is 12.9 Å². The molecule has 1 N–H and O–H groups in total. The molecule has 0 aliphatic carbocycles. The fraction of sp³-hybridized carbons (Fsp3) is 0.417. The minimum atomic E-state index is -0.523. The molecule has 30 heavy (non-hydrogen) atoms. The van der Waals surface area contributed by atoms with Crippen molar-refractivity contribution >= 4 is 23.6 Å². The van der Waals surface area contributed by atoms with Crippen LogP contribution < -0.4 is 10.1 Å². The van der Waals surface area contributed by atoms with Crippen molar-refractivity contribution in [2.45, 2.75) is 57.6 Å². The third kappa shape index (κ3) is 7.10. The summed E-state index contributed by atoms with van der Waals surface area (Å²) in [6.07, 6.45) is 0.545. The third-order valence-corrected chi connectivity index (χ3v) is 5.68. The van der Waals surface area contributed by atoms with Gasteiger partial charge in [-0.2, -0.15) is 0 Å². The van der Waals surface area contributed by atoms with Crippen LogP contribution in [0.3, 0.4) is 0 Å². The van der Waals surface area contributed by atoms with Gasteiger partial charge in [-0.3, -0.25) is 9.59 Å². The van der Waals surface area contributed by atoms with E-state index in [1.807, 2.05) is 76.2 Å². The Hall–Kier alpha value is -2.47. The predicted octanol–water partition coefficient (Wildman–Crippen LogP) is 4.43. The molecule has 0 bridgehead atoms. The molecule has 2 aromatic carbocycles. The van der Waals surface area contributed by atoms with Crippen molar-refractivity contribution in [3.63, 3.8) is 0 Å². The zero-order chi connectivity index (χ0) is 22.1. The van der Waals surface area contributed by atoms with Gasteiger partial charge in [0.25, 0.3) is 0 Å². The number of thioether (sulfide) groups is 1. The lowest BCUT2D eigenvalue weighted by atomic mass is 10.1. The van der Waals surface area contributed by atoms with Crippen molar-refractivity contribution in [3.05, 3.63) is 59.7 Å². The summed E-state index contributed by atoms with van der Waals surface area (Å²) in [4.78, 5) is 28.8. The van der Waals surface area contributed by atoms with Crippen molar-refractivity contribution in [2.24, 2.45) is 0 Å². The van der Waals surface area contributed by atoms with Gasteiger partial charge in [-0.25, -0.2) is 0 Å².